The number of nitrogens with zero attached hydrogens (tertiary/aromatic N) is 1. The number of hydrogen-bond acceptors (Lipinski definition) is 2. The molecule has 3 nitrogen and oxygen atoms in total. The molecule has 1 N–H and O–H groups in total. The normalized spacial score (nSPS) is 46.4. The summed E-state index contributed by atoms with van der Waals surface area (Å²) in [4.78, 5) is 12.4. The molecule has 0 aromatic carbocycles. The largest absolute Gasteiger partial charge is 0.480 e. The number of carboxylic acid groups (broad SMARTS) is 1. The predicted molar refractivity (Wildman–Crippen MR) is 31.1 cm³/mol. The first-order valence-electron chi connectivity index (χ1n) is 3.24. The molecule has 3 rings (SSSR count). The van der Waals surface area contributed by atoms with Crippen molar-refractivity contribution in [1.82, 2.24) is 4.90 Å². The minimum atomic E-state index is -0.644. The summed E-state index contributed by atoms with van der Waals surface area (Å²) in [6.45, 7) is 2.05. The summed E-state index contributed by atoms with van der Waals surface area (Å²) in [5, 5.41) is 8.57. The Morgan fingerprint density at radius 2 is 2.22 bits per heavy atom. The van der Waals surface area contributed by atoms with Gasteiger partial charge in [-0.25, -0.2) is 0 Å². The lowest BCUT2D eigenvalue weighted by Gasteiger charge is -2.28. The van der Waals surface area contributed by atoms with Gasteiger partial charge in [0.25, 0.3) is 0 Å². The third-order valence-corrected chi connectivity index (χ3v) is 2.27. The number of carboxylic acids is 1. The summed E-state index contributed by atoms with van der Waals surface area (Å²) in [6, 6.07) is -0.144. The Morgan fingerprint density at radius 3 is 2.44 bits per heavy atom. The van der Waals surface area contributed by atoms with Crippen LogP contribution in [0.4, 0.5) is 0 Å². The number of hydrogen-bond donors (Lipinski definition) is 1. The Hall–Kier alpha value is -0.570. The number of rotatable bonds is 1. The molecule has 0 unspecified atom stereocenters. The molecular formula is C6H9NO2. The fourth-order valence-corrected chi connectivity index (χ4v) is 1.74. The minimum absolute atomic E-state index is 0.144. The van der Waals surface area contributed by atoms with Crippen molar-refractivity contribution in [2.75, 3.05) is 13.1 Å². The molecule has 3 aliphatic heterocycles. The molecule has 9 heavy (non-hydrogen) atoms. The average molecular weight is 127 g/mol. The van der Waals surface area contributed by atoms with Gasteiger partial charge in [0.2, 0.25) is 0 Å². The molecule has 1 atom stereocenters. The molecule has 0 radical (unpaired) electrons. The molecular weight excluding hydrogens is 118 g/mol. The molecule has 2 bridgehead atoms. The molecule has 0 amide bonds. The second-order valence-corrected chi connectivity index (χ2v) is 2.91. The fourth-order valence-electron chi connectivity index (χ4n) is 1.74. The third-order valence-electron chi connectivity index (χ3n) is 2.27. The van der Waals surface area contributed by atoms with Gasteiger partial charge in [-0.05, 0) is 12.3 Å². The van der Waals surface area contributed by atoms with E-state index in [-0.39, 0.29) is 6.04 Å². The maximum absolute atomic E-state index is 10.4. The summed E-state index contributed by atoms with van der Waals surface area (Å²) in [7, 11) is 0. The van der Waals surface area contributed by atoms with E-state index in [1.54, 1.807) is 0 Å². The van der Waals surface area contributed by atoms with Crippen LogP contribution in [0.3, 0.4) is 0 Å². The van der Waals surface area contributed by atoms with Crippen LogP contribution in [0, 0.1) is 5.92 Å². The zero-order valence-electron chi connectivity index (χ0n) is 5.08. The highest BCUT2D eigenvalue weighted by Crippen LogP contribution is 2.33. The highest BCUT2D eigenvalue weighted by Gasteiger charge is 2.45. The molecule has 0 aromatic heterocycles. The van der Waals surface area contributed by atoms with Crippen molar-refractivity contribution in [3.8, 4) is 0 Å². The molecule has 50 valence electrons. The van der Waals surface area contributed by atoms with E-state index in [1.165, 1.54) is 0 Å². The fraction of sp³-hybridized carbons (Fsp3) is 0.833. The highest BCUT2D eigenvalue weighted by molar-refractivity contribution is 5.74. The van der Waals surface area contributed by atoms with E-state index < -0.39 is 5.97 Å². The van der Waals surface area contributed by atoms with Crippen molar-refractivity contribution in [3.05, 3.63) is 0 Å². The van der Waals surface area contributed by atoms with Crippen LogP contribution in [0.2, 0.25) is 0 Å². The minimum Gasteiger partial charge on any atom is -0.480 e. The van der Waals surface area contributed by atoms with Gasteiger partial charge in [-0.15, -0.1) is 0 Å². The maximum atomic E-state index is 10.4. The van der Waals surface area contributed by atoms with Crippen molar-refractivity contribution in [3.63, 3.8) is 0 Å². The van der Waals surface area contributed by atoms with Crippen LogP contribution >= 0.6 is 0 Å². The van der Waals surface area contributed by atoms with Gasteiger partial charge in [-0.1, -0.05) is 0 Å². The van der Waals surface area contributed by atoms with Crippen molar-refractivity contribution >= 4 is 5.97 Å². The monoisotopic (exact) mass is 127 g/mol. The van der Waals surface area contributed by atoms with E-state index in [0.29, 0.717) is 5.92 Å². The lowest BCUT2D eigenvalue weighted by molar-refractivity contribution is -0.141. The quantitative estimate of drug-likeness (QED) is 0.529. The summed E-state index contributed by atoms with van der Waals surface area (Å²) < 4.78 is 0. The van der Waals surface area contributed by atoms with Crippen LogP contribution in [0.5, 0.6) is 0 Å². The summed E-state index contributed by atoms with van der Waals surface area (Å²) in [5.41, 5.74) is 0. The Bertz CT molecular complexity index is 151. The van der Waals surface area contributed by atoms with Crippen LogP contribution < -0.4 is 0 Å². The molecule has 0 aromatic rings. The predicted octanol–water partition coefficient (Wildman–Crippen LogP) is -0.225. The van der Waals surface area contributed by atoms with Gasteiger partial charge >= 0.3 is 5.97 Å². The van der Waals surface area contributed by atoms with Crippen LogP contribution in [0.25, 0.3) is 0 Å². The van der Waals surface area contributed by atoms with Gasteiger partial charge in [-0.3, -0.25) is 9.69 Å². The molecule has 3 aliphatic rings. The van der Waals surface area contributed by atoms with E-state index in [0.717, 1.165) is 19.5 Å². The van der Waals surface area contributed by atoms with Crippen LogP contribution in [-0.2, 0) is 4.79 Å². The van der Waals surface area contributed by atoms with Gasteiger partial charge in [0.05, 0.1) is 0 Å². The second-order valence-electron chi connectivity index (χ2n) is 2.91. The van der Waals surface area contributed by atoms with Crippen molar-refractivity contribution in [1.29, 1.82) is 0 Å². The number of fused-ring (bicyclic) bond motifs is 1. The summed E-state index contributed by atoms with van der Waals surface area (Å²) >= 11 is 0. The third kappa shape index (κ3) is 0.580. The van der Waals surface area contributed by atoms with Crippen LogP contribution in [-0.4, -0.2) is 35.1 Å². The second kappa shape index (κ2) is 1.48. The summed E-state index contributed by atoms with van der Waals surface area (Å²) in [6.07, 6.45) is 0.884. The SMILES string of the molecule is O=C(O)[C@@H]1CC2CN1C2. The first-order chi connectivity index (χ1) is 4.27. The van der Waals surface area contributed by atoms with Crippen LogP contribution in [0.15, 0.2) is 0 Å². The van der Waals surface area contributed by atoms with E-state index in [2.05, 4.69) is 0 Å². The topological polar surface area (TPSA) is 40.5 Å². The lowest BCUT2D eigenvalue weighted by Crippen LogP contribution is -2.42. The average Bonchev–Trinajstić information content (AvgIpc) is 2.12. The van der Waals surface area contributed by atoms with E-state index >= 15 is 0 Å². The van der Waals surface area contributed by atoms with Gasteiger partial charge in [0.1, 0.15) is 6.04 Å². The lowest BCUT2D eigenvalue weighted by atomic mass is 10.1. The van der Waals surface area contributed by atoms with E-state index in [9.17, 15) is 4.79 Å². The Balaban J connectivity index is 2.08. The van der Waals surface area contributed by atoms with E-state index in [1.807, 2.05) is 4.90 Å². The van der Waals surface area contributed by atoms with Crippen molar-refractivity contribution in [2.45, 2.75) is 12.5 Å². The highest BCUT2D eigenvalue weighted by atomic mass is 16.4. The van der Waals surface area contributed by atoms with Gasteiger partial charge in [-0.2, -0.15) is 0 Å². The molecule has 0 saturated carbocycles. The van der Waals surface area contributed by atoms with Crippen LogP contribution in [0.1, 0.15) is 6.42 Å². The standard InChI is InChI=1S/C6H9NO2/c8-6(9)5-1-4-2-7(5)3-4/h4-5H,1-3H2,(H,8,9)/t5-/m0/s1. The van der Waals surface area contributed by atoms with Gasteiger partial charge < -0.3 is 5.11 Å². The Kier molecular flexibility index (Phi) is 0.858. The summed E-state index contributed by atoms with van der Waals surface area (Å²) in [5.74, 6) is 0.0566. The Morgan fingerprint density at radius 1 is 1.56 bits per heavy atom. The number of aliphatic carboxylic acids is 1. The molecule has 3 heterocycles. The first kappa shape index (κ1) is 5.23. The molecule has 0 spiro atoms. The zero-order valence-corrected chi connectivity index (χ0v) is 5.08. The molecule has 3 heteroatoms. The first-order valence-corrected chi connectivity index (χ1v) is 3.24. The van der Waals surface area contributed by atoms with E-state index in [4.69, 9.17) is 5.11 Å². The van der Waals surface area contributed by atoms with Crippen molar-refractivity contribution in [2.24, 2.45) is 5.92 Å². The molecule has 3 saturated heterocycles. The smallest absolute Gasteiger partial charge is 0.320 e. The number of carbonyl (C=O) groups is 1. The zero-order chi connectivity index (χ0) is 6.43. The Labute approximate surface area is 53.3 Å². The maximum Gasteiger partial charge on any atom is 0.320 e. The molecule has 0 aliphatic carbocycles. The van der Waals surface area contributed by atoms with Gasteiger partial charge in [0, 0.05) is 13.1 Å². The molecule has 3 fully saturated rings. The van der Waals surface area contributed by atoms with Crippen molar-refractivity contribution < 1.29 is 9.90 Å². The van der Waals surface area contributed by atoms with Gasteiger partial charge in [0.15, 0.2) is 0 Å².